The normalized spacial score (nSPS) is 29.5. The van der Waals surface area contributed by atoms with Crippen LogP contribution in [0.3, 0.4) is 0 Å². The van der Waals surface area contributed by atoms with Crippen LogP contribution in [0.5, 0.6) is 0 Å². The van der Waals surface area contributed by atoms with Crippen molar-refractivity contribution >= 4 is 11.9 Å². The van der Waals surface area contributed by atoms with Gasteiger partial charge in [0.05, 0.1) is 0 Å². The molecule has 2 fully saturated rings. The molecule has 1 saturated carbocycles. The SMILES string of the molecule is CCC(=O)N1CCC(NC(=NC)NCC2CCCC(C)C2)C1. The lowest BCUT2D eigenvalue weighted by Crippen LogP contribution is -2.46. The number of likely N-dealkylation sites (tertiary alicyclic amines) is 1. The first-order valence-corrected chi connectivity index (χ1v) is 8.87. The van der Waals surface area contributed by atoms with E-state index in [1.165, 1.54) is 25.7 Å². The molecule has 1 amide bonds. The maximum absolute atomic E-state index is 11.7. The third-order valence-corrected chi connectivity index (χ3v) is 5.01. The number of carbonyl (C=O) groups is 1. The lowest BCUT2D eigenvalue weighted by Gasteiger charge is -2.28. The Hall–Kier alpha value is -1.26. The summed E-state index contributed by atoms with van der Waals surface area (Å²) in [4.78, 5) is 18.0. The van der Waals surface area contributed by atoms with Crippen molar-refractivity contribution in [3.63, 3.8) is 0 Å². The van der Waals surface area contributed by atoms with E-state index in [0.717, 1.165) is 43.9 Å². The van der Waals surface area contributed by atoms with Crippen molar-refractivity contribution in [3.8, 4) is 0 Å². The highest BCUT2D eigenvalue weighted by Gasteiger charge is 2.26. The lowest BCUT2D eigenvalue weighted by molar-refractivity contribution is -0.129. The fourth-order valence-electron chi connectivity index (χ4n) is 3.70. The molecule has 0 spiro atoms. The van der Waals surface area contributed by atoms with Crippen molar-refractivity contribution in [2.45, 2.75) is 58.4 Å². The van der Waals surface area contributed by atoms with E-state index >= 15 is 0 Å². The summed E-state index contributed by atoms with van der Waals surface area (Å²) in [6, 6.07) is 0.326. The fraction of sp³-hybridized carbons (Fsp3) is 0.882. The number of hydrogen-bond donors (Lipinski definition) is 2. The summed E-state index contributed by atoms with van der Waals surface area (Å²) in [6.07, 6.45) is 7.00. The summed E-state index contributed by atoms with van der Waals surface area (Å²) < 4.78 is 0. The second-order valence-corrected chi connectivity index (χ2v) is 6.91. The zero-order chi connectivity index (χ0) is 15.9. The maximum atomic E-state index is 11.7. The second kappa shape index (κ2) is 8.39. The van der Waals surface area contributed by atoms with Crippen molar-refractivity contribution < 1.29 is 4.79 Å². The van der Waals surface area contributed by atoms with Gasteiger partial charge in [-0.05, 0) is 31.1 Å². The zero-order valence-electron chi connectivity index (χ0n) is 14.4. The van der Waals surface area contributed by atoms with Crippen LogP contribution in [-0.2, 0) is 4.79 Å². The summed E-state index contributed by atoms with van der Waals surface area (Å²) in [5, 5.41) is 6.95. The zero-order valence-corrected chi connectivity index (χ0v) is 14.4. The molecule has 1 saturated heterocycles. The van der Waals surface area contributed by atoms with Crippen molar-refractivity contribution in [1.82, 2.24) is 15.5 Å². The van der Waals surface area contributed by atoms with Crippen LogP contribution in [0.4, 0.5) is 0 Å². The number of hydrogen-bond acceptors (Lipinski definition) is 2. The van der Waals surface area contributed by atoms with Crippen LogP contribution in [0.1, 0.15) is 52.4 Å². The van der Waals surface area contributed by atoms with Gasteiger partial charge >= 0.3 is 0 Å². The third-order valence-electron chi connectivity index (χ3n) is 5.01. The molecule has 5 nitrogen and oxygen atoms in total. The minimum Gasteiger partial charge on any atom is -0.356 e. The first-order chi connectivity index (χ1) is 10.6. The highest BCUT2D eigenvalue weighted by molar-refractivity contribution is 5.80. The highest BCUT2D eigenvalue weighted by Crippen LogP contribution is 2.27. The molecule has 0 aromatic carbocycles. The summed E-state index contributed by atoms with van der Waals surface area (Å²) in [5.74, 6) is 2.76. The number of aliphatic imine (C=N–C) groups is 1. The van der Waals surface area contributed by atoms with Gasteiger partial charge in [-0.15, -0.1) is 0 Å². The molecule has 2 N–H and O–H groups in total. The first-order valence-electron chi connectivity index (χ1n) is 8.87. The van der Waals surface area contributed by atoms with E-state index in [1.807, 2.05) is 18.9 Å². The largest absolute Gasteiger partial charge is 0.356 e. The quantitative estimate of drug-likeness (QED) is 0.617. The van der Waals surface area contributed by atoms with Gasteiger partial charge in [-0.3, -0.25) is 9.79 Å². The van der Waals surface area contributed by atoms with Crippen LogP contribution in [-0.4, -0.2) is 49.5 Å². The van der Waals surface area contributed by atoms with Crippen LogP contribution < -0.4 is 10.6 Å². The van der Waals surface area contributed by atoms with Gasteiger partial charge in [0.25, 0.3) is 0 Å². The number of carbonyl (C=O) groups excluding carboxylic acids is 1. The average Bonchev–Trinajstić information content (AvgIpc) is 2.99. The Kier molecular flexibility index (Phi) is 6.52. The minimum atomic E-state index is 0.253. The van der Waals surface area contributed by atoms with Crippen molar-refractivity contribution in [2.75, 3.05) is 26.7 Å². The fourth-order valence-corrected chi connectivity index (χ4v) is 3.70. The Balaban J connectivity index is 1.72. The number of rotatable bonds is 4. The summed E-state index contributed by atoms with van der Waals surface area (Å²) in [7, 11) is 1.82. The van der Waals surface area contributed by atoms with E-state index in [0.29, 0.717) is 12.5 Å². The molecule has 1 heterocycles. The van der Waals surface area contributed by atoms with Gasteiger partial charge < -0.3 is 15.5 Å². The van der Waals surface area contributed by atoms with Gasteiger partial charge in [0.15, 0.2) is 5.96 Å². The number of amides is 1. The Morgan fingerprint density at radius 1 is 1.32 bits per heavy atom. The van der Waals surface area contributed by atoms with Crippen LogP contribution in [0.2, 0.25) is 0 Å². The lowest BCUT2D eigenvalue weighted by atomic mass is 9.82. The standard InChI is InChI=1S/C17H32N4O/c1-4-16(22)21-9-8-15(12-21)20-17(18-3)19-11-14-7-5-6-13(2)10-14/h13-15H,4-12H2,1-3H3,(H2,18,19,20). The smallest absolute Gasteiger partial charge is 0.222 e. The molecule has 0 aromatic rings. The molecule has 0 aromatic heterocycles. The van der Waals surface area contributed by atoms with Crippen LogP contribution in [0.15, 0.2) is 4.99 Å². The average molecular weight is 308 g/mol. The van der Waals surface area contributed by atoms with Crippen molar-refractivity contribution in [1.29, 1.82) is 0 Å². The number of nitrogens with zero attached hydrogens (tertiary/aromatic N) is 2. The summed E-state index contributed by atoms with van der Waals surface area (Å²) in [5.41, 5.74) is 0. The van der Waals surface area contributed by atoms with Crippen molar-refractivity contribution in [3.05, 3.63) is 0 Å². The van der Waals surface area contributed by atoms with Crippen molar-refractivity contribution in [2.24, 2.45) is 16.8 Å². The Morgan fingerprint density at radius 3 is 2.82 bits per heavy atom. The third kappa shape index (κ3) is 4.89. The first kappa shape index (κ1) is 17.1. The Bertz CT molecular complexity index is 396. The van der Waals surface area contributed by atoms with Gasteiger partial charge in [0.1, 0.15) is 0 Å². The van der Waals surface area contributed by atoms with Gasteiger partial charge in [-0.25, -0.2) is 0 Å². The van der Waals surface area contributed by atoms with E-state index in [1.54, 1.807) is 0 Å². The summed E-state index contributed by atoms with van der Waals surface area (Å²) >= 11 is 0. The molecule has 0 bridgehead atoms. The van der Waals surface area contributed by atoms with E-state index in [4.69, 9.17) is 0 Å². The molecule has 3 atom stereocenters. The van der Waals surface area contributed by atoms with Crippen LogP contribution in [0, 0.1) is 11.8 Å². The number of guanidine groups is 1. The highest BCUT2D eigenvalue weighted by atomic mass is 16.2. The van der Waals surface area contributed by atoms with Gasteiger partial charge in [0, 0.05) is 39.1 Å². The molecule has 2 rings (SSSR count). The van der Waals surface area contributed by atoms with Crippen LogP contribution >= 0.6 is 0 Å². The molecule has 126 valence electrons. The minimum absolute atomic E-state index is 0.253. The topological polar surface area (TPSA) is 56.7 Å². The molecule has 5 heteroatoms. The molecule has 3 unspecified atom stereocenters. The molecular formula is C17H32N4O. The van der Waals surface area contributed by atoms with E-state index in [2.05, 4.69) is 22.5 Å². The Morgan fingerprint density at radius 2 is 2.14 bits per heavy atom. The predicted molar refractivity (Wildman–Crippen MR) is 90.9 cm³/mol. The molecule has 1 aliphatic heterocycles. The molecular weight excluding hydrogens is 276 g/mol. The maximum Gasteiger partial charge on any atom is 0.222 e. The van der Waals surface area contributed by atoms with Gasteiger partial charge in [0.2, 0.25) is 5.91 Å². The van der Waals surface area contributed by atoms with E-state index in [9.17, 15) is 4.79 Å². The Labute approximate surface area is 134 Å². The summed E-state index contributed by atoms with van der Waals surface area (Å²) in [6.45, 7) is 6.95. The number of nitrogens with one attached hydrogen (secondary N) is 2. The van der Waals surface area contributed by atoms with Gasteiger partial charge in [-0.2, -0.15) is 0 Å². The monoisotopic (exact) mass is 308 g/mol. The molecule has 1 aliphatic carbocycles. The molecule has 0 radical (unpaired) electrons. The predicted octanol–water partition coefficient (Wildman–Crippen LogP) is 1.99. The van der Waals surface area contributed by atoms with Crippen LogP contribution in [0.25, 0.3) is 0 Å². The van der Waals surface area contributed by atoms with E-state index < -0.39 is 0 Å². The molecule has 22 heavy (non-hydrogen) atoms. The van der Waals surface area contributed by atoms with Gasteiger partial charge in [-0.1, -0.05) is 26.7 Å². The van der Waals surface area contributed by atoms with E-state index in [-0.39, 0.29) is 5.91 Å². The molecule has 2 aliphatic rings. The second-order valence-electron chi connectivity index (χ2n) is 6.91.